The van der Waals surface area contributed by atoms with Crippen LogP contribution in [0.25, 0.3) is 0 Å². The first kappa shape index (κ1) is 18.2. The van der Waals surface area contributed by atoms with Crippen molar-refractivity contribution in [2.75, 3.05) is 23.3 Å². The Morgan fingerprint density at radius 3 is 2.81 bits per heavy atom. The molecule has 8 heteroatoms. The van der Waals surface area contributed by atoms with Crippen LogP contribution in [-0.2, 0) is 0 Å². The minimum atomic E-state index is -0.173. The topological polar surface area (TPSA) is 88.0 Å². The summed E-state index contributed by atoms with van der Waals surface area (Å²) in [5.74, 6) is 1.63. The number of rotatable bonds is 6. The molecular weight excluding hydrogens is 330 g/mol. The highest BCUT2D eigenvalue weighted by molar-refractivity contribution is 5.88. The number of hydrogen-bond acceptors (Lipinski definition) is 5. The van der Waals surface area contributed by atoms with Crippen molar-refractivity contribution < 1.29 is 4.79 Å². The molecular formula is C18H27N7O. The Morgan fingerprint density at radius 1 is 1.31 bits per heavy atom. The summed E-state index contributed by atoms with van der Waals surface area (Å²) in [7, 11) is 0. The van der Waals surface area contributed by atoms with Crippen LogP contribution in [0.5, 0.6) is 0 Å². The van der Waals surface area contributed by atoms with Gasteiger partial charge in [0.2, 0.25) is 0 Å². The van der Waals surface area contributed by atoms with Crippen molar-refractivity contribution in [3.05, 3.63) is 30.9 Å². The molecule has 140 valence electrons. The van der Waals surface area contributed by atoms with Gasteiger partial charge < -0.3 is 10.2 Å². The zero-order valence-electron chi connectivity index (χ0n) is 15.4. The van der Waals surface area contributed by atoms with E-state index in [-0.39, 0.29) is 18.1 Å². The third kappa shape index (κ3) is 4.50. The lowest BCUT2D eigenvalue weighted by Crippen LogP contribution is -2.46. The van der Waals surface area contributed by atoms with Crippen LogP contribution in [0.2, 0.25) is 0 Å². The van der Waals surface area contributed by atoms with Crippen molar-refractivity contribution in [3.63, 3.8) is 0 Å². The van der Waals surface area contributed by atoms with Crippen molar-refractivity contribution in [2.24, 2.45) is 0 Å². The summed E-state index contributed by atoms with van der Waals surface area (Å²) in [5, 5.41) is 10.3. The fourth-order valence-corrected chi connectivity index (χ4v) is 3.35. The summed E-state index contributed by atoms with van der Waals surface area (Å²) in [5.41, 5.74) is 0. The number of nitrogens with one attached hydrogen (secondary N) is 2. The minimum absolute atomic E-state index is 0.160. The lowest BCUT2D eigenvalue weighted by atomic mass is 10.1. The number of urea groups is 1. The maximum atomic E-state index is 12.4. The predicted molar refractivity (Wildman–Crippen MR) is 101 cm³/mol. The molecule has 3 heterocycles. The number of hydrogen-bond donors (Lipinski definition) is 2. The van der Waals surface area contributed by atoms with Gasteiger partial charge in [-0.05, 0) is 26.2 Å². The molecule has 0 aromatic carbocycles. The van der Waals surface area contributed by atoms with Crippen molar-refractivity contribution in [1.29, 1.82) is 0 Å². The molecule has 1 atom stereocenters. The Balaban J connectivity index is 1.49. The molecule has 2 amide bonds. The van der Waals surface area contributed by atoms with Gasteiger partial charge in [-0.2, -0.15) is 5.10 Å². The fourth-order valence-electron chi connectivity index (χ4n) is 3.35. The van der Waals surface area contributed by atoms with Gasteiger partial charge in [-0.25, -0.2) is 14.5 Å². The molecule has 1 fully saturated rings. The third-order valence-corrected chi connectivity index (χ3v) is 4.74. The van der Waals surface area contributed by atoms with Crippen LogP contribution >= 0.6 is 0 Å². The van der Waals surface area contributed by atoms with Crippen molar-refractivity contribution in [1.82, 2.24) is 25.1 Å². The predicted octanol–water partition coefficient (Wildman–Crippen LogP) is 2.82. The van der Waals surface area contributed by atoms with E-state index in [4.69, 9.17) is 0 Å². The van der Waals surface area contributed by atoms with Crippen molar-refractivity contribution >= 4 is 17.7 Å². The summed E-state index contributed by atoms with van der Waals surface area (Å²) >= 11 is 0. The molecule has 1 saturated heterocycles. The zero-order chi connectivity index (χ0) is 18.4. The largest absolute Gasteiger partial charge is 0.355 e. The average Bonchev–Trinajstić information content (AvgIpc) is 3.11. The van der Waals surface area contributed by atoms with Gasteiger partial charge in [0.25, 0.3) is 0 Å². The molecule has 0 aliphatic carbocycles. The van der Waals surface area contributed by atoms with Crippen LogP contribution in [0.1, 0.15) is 45.6 Å². The summed E-state index contributed by atoms with van der Waals surface area (Å²) in [4.78, 5) is 23.0. The monoisotopic (exact) mass is 357 g/mol. The molecule has 0 unspecified atom stereocenters. The van der Waals surface area contributed by atoms with Crippen LogP contribution in [-0.4, -0.2) is 44.9 Å². The second-order valence-corrected chi connectivity index (χ2v) is 6.72. The standard InChI is InChI=1S/C18H27N7O/c1-3-4-14(2)25-16(5-8-21-25)23-18(26)22-15-6-11-24(12-7-15)17-13-19-9-10-20-17/h5,8-10,13-15H,3-4,6-7,11-12H2,1-2H3,(H2,22,23,26)/t14-/m0/s1. The number of piperidine rings is 1. The van der Waals surface area contributed by atoms with Gasteiger partial charge in [0.05, 0.1) is 18.4 Å². The lowest BCUT2D eigenvalue weighted by Gasteiger charge is -2.32. The molecule has 0 bridgehead atoms. The smallest absolute Gasteiger partial charge is 0.320 e. The second-order valence-electron chi connectivity index (χ2n) is 6.72. The first-order chi connectivity index (χ1) is 12.7. The SMILES string of the molecule is CCC[C@H](C)n1nccc1NC(=O)NC1CCN(c2cnccn2)CC1. The van der Waals surface area contributed by atoms with Gasteiger partial charge >= 0.3 is 6.03 Å². The molecule has 0 radical (unpaired) electrons. The molecule has 3 rings (SSSR count). The minimum Gasteiger partial charge on any atom is -0.355 e. The summed E-state index contributed by atoms with van der Waals surface area (Å²) < 4.78 is 1.87. The average molecular weight is 357 g/mol. The van der Waals surface area contributed by atoms with Crippen LogP contribution in [0.15, 0.2) is 30.9 Å². The van der Waals surface area contributed by atoms with E-state index >= 15 is 0 Å². The van der Waals surface area contributed by atoms with E-state index in [0.29, 0.717) is 0 Å². The van der Waals surface area contributed by atoms with E-state index in [1.165, 1.54) is 0 Å². The highest BCUT2D eigenvalue weighted by Crippen LogP contribution is 2.19. The third-order valence-electron chi connectivity index (χ3n) is 4.74. The van der Waals surface area contributed by atoms with E-state index in [9.17, 15) is 4.79 Å². The maximum Gasteiger partial charge on any atom is 0.320 e. The van der Waals surface area contributed by atoms with Crippen LogP contribution in [0.3, 0.4) is 0 Å². The van der Waals surface area contributed by atoms with Gasteiger partial charge in [-0.1, -0.05) is 13.3 Å². The Kier molecular flexibility index (Phi) is 6.04. The number of anilines is 2. The molecule has 2 aromatic rings. The molecule has 8 nitrogen and oxygen atoms in total. The number of amides is 2. The molecule has 26 heavy (non-hydrogen) atoms. The number of carbonyl (C=O) groups excluding carboxylic acids is 1. The number of nitrogens with zero attached hydrogens (tertiary/aromatic N) is 5. The lowest BCUT2D eigenvalue weighted by molar-refractivity contribution is 0.245. The van der Waals surface area contributed by atoms with E-state index in [0.717, 1.165) is 50.4 Å². The van der Waals surface area contributed by atoms with Gasteiger partial charge in [0.1, 0.15) is 11.6 Å². The van der Waals surface area contributed by atoms with E-state index in [1.807, 2.05) is 10.7 Å². The van der Waals surface area contributed by atoms with Crippen molar-refractivity contribution in [2.45, 2.75) is 51.6 Å². The molecule has 0 spiro atoms. The highest BCUT2D eigenvalue weighted by Gasteiger charge is 2.22. The quantitative estimate of drug-likeness (QED) is 0.830. The Hall–Kier alpha value is -2.64. The first-order valence-corrected chi connectivity index (χ1v) is 9.29. The number of aromatic nitrogens is 4. The molecule has 1 aliphatic heterocycles. The number of carbonyl (C=O) groups is 1. The van der Waals surface area contributed by atoms with Gasteiger partial charge in [-0.15, -0.1) is 0 Å². The normalized spacial score (nSPS) is 16.3. The van der Waals surface area contributed by atoms with Crippen LogP contribution < -0.4 is 15.5 Å². The zero-order valence-corrected chi connectivity index (χ0v) is 15.4. The van der Waals surface area contributed by atoms with E-state index in [2.05, 4.69) is 44.4 Å². The van der Waals surface area contributed by atoms with E-state index < -0.39 is 0 Å². The molecule has 0 saturated carbocycles. The maximum absolute atomic E-state index is 12.4. The Bertz CT molecular complexity index is 695. The molecule has 2 N–H and O–H groups in total. The van der Waals surface area contributed by atoms with Crippen LogP contribution in [0.4, 0.5) is 16.4 Å². The fraction of sp³-hybridized carbons (Fsp3) is 0.556. The first-order valence-electron chi connectivity index (χ1n) is 9.29. The summed E-state index contributed by atoms with van der Waals surface area (Å²) in [6, 6.07) is 2.09. The summed E-state index contributed by atoms with van der Waals surface area (Å²) in [6.45, 7) is 5.97. The van der Waals surface area contributed by atoms with Crippen LogP contribution in [0, 0.1) is 0 Å². The Morgan fingerprint density at radius 2 is 2.12 bits per heavy atom. The summed E-state index contributed by atoms with van der Waals surface area (Å²) in [6.07, 6.45) is 10.8. The van der Waals surface area contributed by atoms with E-state index in [1.54, 1.807) is 24.8 Å². The van der Waals surface area contributed by atoms with Crippen molar-refractivity contribution in [3.8, 4) is 0 Å². The van der Waals surface area contributed by atoms with Gasteiger partial charge in [0.15, 0.2) is 0 Å². The Labute approximate surface area is 154 Å². The molecule has 1 aliphatic rings. The second kappa shape index (κ2) is 8.64. The van der Waals surface area contributed by atoms with Gasteiger partial charge in [0, 0.05) is 37.6 Å². The van der Waals surface area contributed by atoms with Gasteiger partial charge in [-0.3, -0.25) is 10.3 Å². The highest BCUT2D eigenvalue weighted by atomic mass is 16.2. The molecule has 2 aromatic heterocycles.